The molecule has 1 heterocycles. The molecule has 1 saturated heterocycles. The molecule has 3 rings (SSSR count). The zero-order valence-electron chi connectivity index (χ0n) is 14.5. The van der Waals surface area contributed by atoms with Gasteiger partial charge in [0.25, 0.3) is 11.6 Å². The van der Waals surface area contributed by atoms with E-state index in [4.69, 9.17) is 11.6 Å². The normalized spacial score (nSPS) is 18.0. The summed E-state index contributed by atoms with van der Waals surface area (Å²) in [5.41, 5.74) is -0.784. The van der Waals surface area contributed by atoms with Crippen molar-refractivity contribution in [3.8, 4) is 0 Å². The molecule has 0 atom stereocenters. The number of nitrogens with zero attached hydrogens (tertiary/aromatic N) is 2. The van der Waals surface area contributed by atoms with E-state index in [1.807, 2.05) is 0 Å². The number of benzene rings is 1. The monoisotopic (exact) mass is 394 g/mol. The summed E-state index contributed by atoms with van der Waals surface area (Å²) in [5.74, 6) is -0.576. The van der Waals surface area contributed by atoms with Gasteiger partial charge in [-0.05, 0) is 31.4 Å². The molecule has 1 spiro atoms. The smallest absolute Gasteiger partial charge is 0.325 e. The van der Waals surface area contributed by atoms with Crippen LogP contribution < -0.4 is 10.6 Å². The van der Waals surface area contributed by atoms with Gasteiger partial charge in [0, 0.05) is 24.7 Å². The predicted molar refractivity (Wildman–Crippen MR) is 97.4 cm³/mol. The molecule has 2 aliphatic rings. The number of amides is 4. The lowest BCUT2D eigenvalue weighted by atomic mass is 9.98. The van der Waals surface area contributed by atoms with Crippen molar-refractivity contribution in [3.63, 3.8) is 0 Å². The molecule has 0 unspecified atom stereocenters. The topological polar surface area (TPSA) is 122 Å². The highest BCUT2D eigenvalue weighted by atomic mass is 35.5. The standard InChI is InChI=1S/C17H19ClN4O5/c18-12-6-5-11(10-13(12)22(26)27)19-14(23)4-3-9-21-15(24)17(20-16(21)25)7-1-2-8-17/h5-6,10H,1-4,7-9H2,(H,19,23)(H,20,25). The van der Waals surface area contributed by atoms with Crippen LogP contribution in [0.4, 0.5) is 16.2 Å². The number of carbonyl (C=O) groups excluding carboxylic acids is 3. The van der Waals surface area contributed by atoms with Gasteiger partial charge >= 0.3 is 6.03 Å². The molecule has 27 heavy (non-hydrogen) atoms. The molecule has 1 aliphatic carbocycles. The lowest BCUT2D eigenvalue weighted by Crippen LogP contribution is -2.44. The Balaban J connectivity index is 1.51. The number of imide groups is 1. The largest absolute Gasteiger partial charge is 0.326 e. The van der Waals surface area contributed by atoms with Gasteiger partial charge < -0.3 is 10.6 Å². The maximum absolute atomic E-state index is 12.5. The summed E-state index contributed by atoms with van der Waals surface area (Å²) < 4.78 is 0. The number of hydrogen-bond donors (Lipinski definition) is 2. The summed E-state index contributed by atoms with van der Waals surface area (Å²) in [6, 6.07) is 3.58. The second-order valence-corrected chi connectivity index (χ2v) is 7.16. The summed E-state index contributed by atoms with van der Waals surface area (Å²) >= 11 is 5.73. The summed E-state index contributed by atoms with van der Waals surface area (Å²) in [5, 5.41) is 16.2. The summed E-state index contributed by atoms with van der Waals surface area (Å²) in [4.78, 5) is 48.0. The first-order chi connectivity index (χ1) is 12.8. The number of nitro groups is 1. The van der Waals surface area contributed by atoms with Crippen molar-refractivity contribution >= 4 is 40.8 Å². The predicted octanol–water partition coefficient (Wildman–Crippen LogP) is 2.83. The summed E-state index contributed by atoms with van der Waals surface area (Å²) in [6.07, 6.45) is 3.51. The van der Waals surface area contributed by atoms with Gasteiger partial charge in [0.15, 0.2) is 0 Å². The number of urea groups is 1. The molecule has 1 aliphatic heterocycles. The van der Waals surface area contributed by atoms with Gasteiger partial charge in [-0.1, -0.05) is 24.4 Å². The van der Waals surface area contributed by atoms with E-state index < -0.39 is 16.5 Å². The molecule has 9 nitrogen and oxygen atoms in total. The molecule has 1 saturated carbocycles. The van der Waals surface area contributed by atoms with Crippen LogP contribution in [-0.2, 0) is 9.59 Å². The van der Waals surface area contributed by atoms with Gasteiger partial charge in [-0.25, -0.2) is 4.79 Å². The Bertz CT molecular complexity index is 807. The molecule has 0 radical (unpaired) electrons. The van der Waals surface area contributed by atoms with Gasteiger partial charge in [0.2, 0.25) is 5.91 Å². The van der Waals surface area contributed by atoms with E-state index in [1.54, 1.807) is 0 Å². The zero-order valence-corrected chi connectivity index (χ0v) is 15.3. The van der Waals surface area contributed by atoms with Crippen molar-refractivity contribution in [1.82, 2.24) is 10.2 Å². The third kappa shape index (κ3) is 3.87. The highest BCUT2D eigenvalue weighted by molar-refractivity contribution is 6.32. The molecule has 0 bridgehead atoms. The molecule has 0 aromatic heterocycles. The Labute approximate surface area is 160 Å². The van der Waals surface area contributed by atoms with Gasteiger partial charge in [-0.15, -0.1) is 0 Å². The second-order valence-electron chi connectivity index (χ2n) is 6.75. The van der Waals surface area contributed by atoms with E-state index in [1.165, 1.54) is 23.1 Å². The Hall–Kier alpha value is -2.68. The van der Waals surface area contributed by atoms with Crippen molar-refractivity contribution in [2.24, 2.45) is 0 Å². The van der Waals surface area contributed by atoms with Crippen molar-refractivity contribution < 1.29 is 19.3 Å². The summed E-state index contributed by atoms with van der Waals surface area (Å²) in [6.45, 7) is 0.153. The first kappa shape index (κ1) is 19.1. The Morgan fingerprint density at radius 3 is 2.70 bits per heavy atom. The Kier molecular flexibility index (Phi) is 5.31. The molecule has 2 fully saturated rings. The molecule has 10 heteroatoms. The minimum absolute atomic E-state index is 0.0163. The van der Waals surface area contributed by atoms with Gasteiger partial charge in [0.1, 0.15) is 10.6 Å². The first-order valence-corrected chi connectivity index (χ1v) is 9.08. The van der Waals surface area contributed by atoms with Gasteiger partial charge in [0.05, 0.1) is 4.92 Å². The average molecular weight is 395 g/mol. The van der Waals surface area contributed by atoms with Crippen LogP contribution in [0.5, 0.6) is 0 Å². The van der Waals surface area contributed by atoms with Crippen LogP contribution in [0.2, 0.25) is 5.02 Å². The molecule has 1 aromatic carbocycles. The number of carbonyl (C=O) groups is 3. The quantitative estimate of drug-likeness (QED) is 0.436. The van der Waals surface area contributed by atoms with Crippen LogP contribution in [0.3, 0.4) is 0 Å². The number of rotatable bonds is 6. The SMILES string of the molecule is O=C(CCCN1C(=O)NC2(CCCC2)C1=O)Nc1ccc(Cl)c([N+](=O)[O-])c1. The number of anilines is 1. The lowest BCUT2D eigenvalue weighted by molar-refractivity contribution is -0.384. The number of hydrogen-bond acceptors (Lipinski definition) is 5. The van der Waals surface area contributed by atoms with E-state index in [-0.39, 0.29) is 41.2 Å². The van der Waals surface area contributed by atoms with Crippen molar-refractivity contribution in [3.05, 3.63) is 33.3 Å². The van der Waals surface area contributed by atoms with E-state index >= 15 is 0 Å². The minimum Gasteiger partial charge on any atom is -0.326 e. The van der Waals surface area contributed by atoms with E-state index in [9.17, 15) is 24.5 Å². The molecular formula is C17H19ClN4O5. The molecule has 2 N–H and O–H groups in total. The number of nitrogens with one attached hydrogen (secondary N) is 2. The highest BCUT2D eigenvalue weighted by Crippen LogP contribution is 2.35. The van der Waals surface area contributed by atoms with Crippen molar-refractivity contribution in [2.75, 3.05) is 11.9 Å². The third-order valence-electron chi connectivity index (χ3n) is 4.92. The number of halogens is 1. The molecule has 4 amide bonds. The van der Waals surface area contributed by atoms with Gasteiger partial charge in [-0.2, -0.15) is 0 Å². The molecular weight excluding hydrogens is 376 g/mol. The van der Waals surface area contributed by atoms with E-state index in [0.29, 0.717) is 19.3 Å². The van der Waals surface area contributed by atoms with E-state index in [2.05, 4.69) is 10.6 Å². The first-order valence-electron chi connectivity index (χ1n) is 8.70. The van der Waals surface area contributed by atoms with Crippen LogP contribution in [0.1, 0.15) is 38.5 Å². The lowest BCUT2D eigenvalue weighted by Gasteiger charge is -2.19. The average Bonchev–Trinajstić information content (AvgIpc) is 3.17. The fraction of sp³-hybridized carbons (Fsp3) is 0.471. The van der Waals surface area contributed by atoms with Crippen LogP contribution >= 0.6 is 11.6 Å². The van der Waals surface area contributed by atoms with E-state index in [0.717, 1.165) is 12.8 Å². The third-order valence-corrected chi connectivity index (χ3v) is 5.23. The fourth-order valence-electron chi connectivity index (χ4n) is 3.55. The number of nitro benzene ring substituents is 1. The second kappa shape index (κ2) is 7.51. The van der Waals surface area contributed by atoms with Crippen LogP contribution in [0, 0.1) is 10.1 Å². The van der Waals surface area contributed by atoms with Crippen LogP contribution in [-0.4, -0.2) is 39.8 Å². The highest BCUT2D eigenvalue weighted by Gasteiger charge is 2.51. The van der Waals surface area contributed by atoms with Crippen molar-refractivity contribution in [1.29, 1.82) is 0 Å². The van der Waals surface area contributed by atoms with Gasteiger partial charge in [-0.3, -0.25) is 24.6 Å². The maximum Gasteiger partial charge on any atom is 0.325 e. The zero-order chi connectivity index (χ0) is 19.6. The van der Waals surface area contributed by atoms with Crippen LogP contribution in [0.15, 0.2) is 18.2 Å². The minimum atomic E-state index is -0.748. The molecule has 1 aromatic rings. The van der Waals surface area contributed by atoms with Crippen LogP contribution in [0.25, 0.3) is 0 Å². The Morgan fingerprint density at radius 2 is 2.04 bits per heavy atom. The summed E-state index contributed by atoms with van der Waals surface area (Å²) in [7, 11) is 0. The van der Waals surface area contributed by atoms with Crippen molar-refractivity contribution in [2.45, 2.75) is 44.1 Å². The fourth-order valence-corrected chi connectivity index (χ4v) is 3.73. The molecule has 144 valence electrons. The maximum atomic E-state index is 12.5. The Morgan fingerprint density at radius 1 is 1.33 bits per heavy atom.